The third-order valence-corrected chi connectivity index (χ3v) is 3.27. The molecule has 1 heterocycles. The predicted octanol–water partition coefficient (Wildman–Crippen LogP) is 2.57. The lowest BCUT2D eigenvalue weighted by molar-refractivity contribution is 0.0303. The minimum atomic E-state index is -0.0270. The van der Waals surface area contributed by atoms with Crippen molar-refractivity contribution < 1.29 is 9.53 Å². The van der Waals surface area contributed by atoms with Gasteiger partial charge in [-0.15, -0.1) is 0 Å². The van der Waals surface area contributed by atoms with Crippen molar-refractivity contribution in [1.82, 2.24) is 4.90 Å². The van der Waals surface area contributed by atoms with Gasteiger partial charge in [0, 0.05) is 17.6 Å². The van der Waals surface area contributed by atoms with Crippen LogP contribution in [0.25, 0.3) is 0 Å². The van der Waals surface area contributed by atoms with Crippen LogP contribution in [0.15, 0.2) is 22.7 Å². The van der Waals surface area contributed by atoms with E-state index in [0.717, 1.165) is 4.47 Å². The molecule has 0 aromatic heterocycles. The lowest BCUT2D eigenvalue weighted by atomic mass is 10.2. The van der Waals surface area contributed by atoms with Gasteiger partial charge >= 0.3 is 0 Å². The van der Waals surface area contributed by atoms with Gasteiger partial charge in [0.2, 0.25) is 0 Å². The molecule has 0 spiro atoms. The Hall–Kier alpha value is -0.580. The van der Waals surface area contributed by atoms with Crippen molar-refractivity contribution in [3.8, 4) is 0 Å². The highest BCUT2D eigenvalue weighted by molar-refractivity contribution is 9.10. The molecule has 0 unspecified atom stereocenters. The number of rotatable bonds is 1. The minimum absolute atomic E-state index is 0.0270. The maximum absolute atomic E-state index is 12.1. The van der Waals surface area contributed by atoms with Gasteiger partial charge < -0.3 is 9.64 Å². The molecule has 0 N–H and O–H groups in total. The summed E-state index contributed by atoms with van der Waals surface area (Å²) in [5.41, 5.74) is 0.548. The van der Waals surface area contributed by atoms with Crippen molar-refractivity contribution in [2.24, 2.45) is 0 Å². The molecule has 0 saturated carbocycles. The molecular formula is C11H11BrClNO2. The second-order valence-electron chi connectivity index (χ2n) is 3.53. The monoisotopic (exact) mass is 303 g/mol. The number of hydrogen-bond acceptors (Lipinski definition) is 2. The van der Waals surface area contributed by atoms with Crippen molar-refractivity contribution in [3.63, 3.8) is 0 Å². The summed E-state index contributed by atoms with van der Waals surface area (Å²) >= 11 is 9.35. The van der Waals surface area contributed by atoms with Crippen LogP contribution in [0.5, 0.6) is 0 Å². The average Bonchev–Trinajstić information content (AvgIpc) is 2.29. The Bertz CT molecular complexity index is 405. The highest BCUT2D eigenvalue weighted by atomic mass is 79.9. The Balaban J connectivity index is 2.19. The maximum Gasteiger partial charge on any atom is 0.255 e. The average molecular weight is 305 g/mol. The van der Waals surface area contributed by atoms with E-state index in [1.165, 1.54) is 0 Å². The van der Waals surface area contributed by atoms with Crippen LogP contribution in [0.1, 0.15) is 10.4 Å². The molecule has 0 bridgehead atoms. The first-order valence-electron chi connectivity index (χ1n) is 5.00. The fourth-order valence-electron chi connectivity index (χ4n) is 1.60. The van der Waals surface area contributed by atoms with Crippen molar-refractivity contribution in [1.29, 1.82) is 0 Å². The first kappa shape index (κ1) is 11.9. The van der Waals surface area contributed by atoms with E-state index in [1.54, 1.807) is 17.0 Å². The zero-order valence-corrected chi connectivity index (χ0v) is 10.9. The standard InChI is InChI=1S/C11H11BrClNO2/c12-8-1-2-9(10(13)7-8)11(15)14-3-5-16-6-4-14/h1-2,7H,3-6H2. The van der Waals surface area contributed by atoms with Crippen LogP contribution in [0, 0.1) is 0 Å². The first-order chi connectivity index (χ1) is 7.68. The van der Waals surface area contributed by atoms with Gasteiger partial charge in [0.25, 0.3) is 5.91 Å². The molecule has 5 heteroatoms. The predicted molar refractivity (Wildman–Crippen MR) is 65.9 cm³/mol. The third kappa shape index (κ3) is 2.56. The van der Waals surface area contributed by atoms with E-state index in [1.807, 2.05) is 6.07 Å². The summed E-state index contributed by atoms with van der Waals surface area (Å²) in [5.74, 6) is -0.0270. The number of halogens is 2. The fraction of sp³-hybridized carbons (Fsp3) is 0.364. The van der Waals surface area contributed by atoms with Gasteiger partial charge in [-0.1, -0.05) is 27.5 Å². The number of benzene rings is 1. The summed E-state index contributed by atoms with van der Waals surface area (Å²) in [7, 11) is 0. The molecule has 1 saturated heterocycles. The molecule has 16 heavy (non-hydrogen) atoms. The van der Waals surface area contributed by atoms with Crippen LogP contribution in [0.3, 0.4) is 0 Å². The Kier molecular flexibility index (Phi) is 3.84. The van der Waals surface area contributed by atoms with E-state index in [4.69, 9.17) is 16.3 Å². The van der Waals surface area contributed by atoms with Crippen LogP contribution in [-0.4, -0.2) is 37.1 Å². The van der Waals surface area contributed by atoms with Crippen LogP contribution in [0.4, 0.5) is 0 Å². The molecule has 1 aliphatic heterocycles. The molecule has 2 rings (SSSR count). The lowest BCUT2D eigenvalue weighted by Crippen LogP contribution is -2.40. The fourth-order valence-corrected chi connectivity index (χ4v) is 2.35. The Morgan fingerprint density at radius 3 is 2.69 bits per heavy atom. The molecule has 0 atom stereocenters. The largest absolute Gasteiger partial charge is 0.378 e. The van der Waals surface area contributed by atoms with Crippen LogP contribution >= 0.6 is 27.5 Å². The van der Waals surface area contributed by atoms with E-state index < -0.39 is 0 Å². The Morgan fingerprint density at radius 2 is 2.06 bits per heavy atom. The molecule has 1 aromatic carbocycles. The SMILES string of the molecule is O=C(c1ccc(Br)cc1Cl)N1CCOCC1. The van der Waals surface area contributed by atoms with Gasteiger partial charge in [-0.25, -0.2) is 0 Å². The quantitative estimate of drug-likeness (QED) is 0.798. The van der Waals surface area contributed by atoms with E-state index in [-0.39, 0.29) is 5.91 Å². The van der Waals surface area contributed by atoms with E-state index in [2.05, 4.69) is 15.9 Å². The van der Waals surface area contributed by atoms with Crippen molar-refractivity contribution in [2.45, 2.75) is 0 Å². The Labute approximate surface area is 107 Å². The molecule has 1 fully saturated rings. The Morgan fingerprint density at radius 1 is 1.38 bits per heavy atom. The highest BCUT2D eigenvalue weighted by Gasteiger charge is 2.20. The number of morpholine rings is 1. The molecule has 1 amide bonds. The van der Waals surface area contributed by atoms with Crippen LogP contribution in [-0.2, 0) is 4.74 Å². The van der Waals surface area contributed by atoms with Crippen molar-refractivity contribution in [3.05, 3.63) is 33.3 Å². The smallest absolute Gasteiger partial charge is 0.255 e. The second kappa shape index (κ2) is 5.17. The summed E-state index contributed by atoms with van der Waals surface area (Å²) in [4.78, 5) is 13.9. The summed E-state index contributed by atoms with van der Waals surface area (Å²) in [5, 5.41) is 0.478. The molecule has 0 radical (unpaired) electrons. The number of carbonyl (C=O) groups excluding carboxylic acids is 1. The number of carbonyl (C=O) groups is 1. The topological polar surface area (TPSA) is 29.5 Å². The van der Waals surface area contributed by atoms with Crippen LogP contribution < -0.4 is 0 Å². The van der Waals surface area contributed by atoms with E-state index >= 15 is 0 Å². The number of nitrogens with zero attached hydrogens (tertiary/aromatic N) is 1. The van der Waals surface area contributed by atoms with E-state index in [9.17, 15) is 4.79 Å². The number of ether oxygens (including phenoxy) is 1. The van der Waals surface area contributed by atoms with Gasteiger partial charge in [-0.2, -0.15) is 0 Å². The van der Waals surface area contributed by atoms with Crippen molar-refractivity contribution in [2.75, 3.05) is 26.3 Å². The van der Waals surface area contributed by atoms with Gasteiger partial charge in [-0.05, 0) is 18.2 Å². The zero-order valence-electron chi connectivity index (χ0n) is 8.58. The number of hydrogen-bond donors (Lipinski definition) is 0. The molecule has 86 valence electrons. The van der Waals surface area contributed by atoms with Crippen LogP contribution in [0.2, 0.25) is 5.02 Å². The van der Waals surface area contributed by atoms with E-state index in [0.29, 0.717) is 36.9 Å². The summed E-state index contributed by atoms with van der Waals surface area (Å²) in [6.45, 7) is 2.45. The molecule has 1 aromatic rings. The molecule has 3 nitrogen and oxygen atoms in total. The normalized spacial score (nSPS) is 16.2. The summed E-state index contributed by atoms with van der Waals surface area (Å²) in [6.07, 6.45) is 0. The summed E-state index contributed by atoms with van der Waals surface area (Å²) in [6, 6.07) is 5.29. The van der Waals surface area contributed by atoms with Gasteiger partial charge in [0.1, 0.15) is 0 Å². The molecular weight excluding hydrogens is 293 g/mol. The van der Waals surface area contributed by atoms with Gasteiger partial charge in [0.15, 0.2) is 0 Å². The van der Waals surface area contributed by atoms with Gasteiger partial charge in [-0.3, -0.25) is 4.79 Å². The number of amides is 1. The maximum atomic E-state index is 12.1. The van der Waals surface area contributed by atoms with Gasteiger partial charge in [0.05, 0.1) is 23.8 Å². The second-order valence-corrected chi connectivity index (χ2v) is 4.85. The summed E-state index contributed by atoms with van der Waals surface area (Å²) < 4.78 is 6.07. The molecule has 1 aliphatic rings. The molecule has 0 aliphatic carbocycles. The highest BCUT2D eigenvalue weighted by Crippen LogP contribution is 2.22. The third-order valence-electron chi connectivity index (χ3n) is 2.46. The lowest BCUT2D eigenvalue weighted by Gasteiger charge is -2.27. The zero-order chi connectivity index (χ0) is 11.5. The minimum Gasteiger partial charge on any atom is -0.378 e. The first-order valence-corrected chi connectivity index (χ1v) is 6.17. The van der Waals surface area contributed by atoms with Crippen molar-refractivity contribution >= 4 is 33.4 Å².